The van der Waals surface area contributed by atoms with Crippen LogP contribution in [0.5, 0.6) is 0 Å². The lowest BCUT2D eigenvalue weighted by Crippen LogP contribution is -2.44. The SMILES string of the molecule is CN(C)C(CCN1CCCCC1)CN1CCCCC1. The number of nitrogens with zero attached hydrogens (tertiary/aromatic N) is 3. The lowest BCUT2D eigenvalue weighted by molar-refractivity contribution is 0.137. The molecule has 2 aliphatic heterocycles. The van der Waals surface area contributed by atoms with Gasteiger partial charge in [-0.1, -0.05) is 12.8 Å². The third kappa shape index (κ3) is 5.41. The second-order valence-electron chi connectivity index (χ2n) is 6.67. The summed E-state index contributed by atoms with van der Waals surface area (Å²) >= 11 is 0. The summed E-state index contributed by atoms with van der Waals surface area (Å²) in [5, 5.41) is 0. The normalized spacial score (nSPS) is 24.8. The van der Waals surface area contributed by atoms with E-state index in [1.165, 1.54) is 84.2 Å². The molecule has 0 aromatic heterocycles. The number of piperidine rings is 2. The van der Waals surface area contributed by atoms with Gasteiger partial charge in [0.25, 0.3) is 0 Å². The highest BCUT2D eigenvalue weighted by atomic mass is 15.2. The second kappa shape index (κ2) is 8.23. The van der Waals surface area contributed by atoms with Crippen molar-refractivity contribution >= 4 is 0 Å². The van der Waals surface area contributed by atoms with E-state index in [2.05, 4.69) is 28.8 Å². The average Bonchev–Trinajstić information content (AvgIpc) is 2.45. The molecule has 2 aliphatic rings. The van der Waals surface area contributed by atoms with Crippen LogP contribution in [0.1, 0.15) is 44.9 Å². The first-order valence-corrected chi connectivity index (χ1v) is 8.37. The van der Waals surface area contributed by atoms with Gasteiger partial charge >= 0.3 is 0 Å². The van der Waals surface area contributed by atoms with Crippen molar-refractivity contribution in [2.24, 2.45) is 0 Å². The molecule has 1 unspecified atom stereocenters. The minimum Gasteiger partial charge on any atom is -0.305 e. The molecule has 0 saturated carbocycles. The van der Waals surface area contributed by atoms with Gasteiger partial charge in [0.1, 0.15) is 0 Å². The molecular weight excluding hydrogens is 234 g/mol. The predicted octanol–water partition coefficient (Wildman–Crippen LogP) is 2.28. The first-order chi connectivity index (χ1) is 9.25. The van der Waals surface area contributed by atoms with Crippen LogP contribution >= 0.6 is 0 Å². The first-order valence-electron chi connectivity index (χ1n) is 8.37. The molecule has 2 heterocycles. The number of hydrogen-bond acceptors (Lipinski definition) is 3. The Morgan fingerprint density at radius 1 is 0.789 bits per heavy atom. The molecule has 1 atom stereocenters. The van der Waals surface area contributed by atoms with Gasteiger partial charge in [-0.05, 0) is 78.9 Å². The minimum atomic E-state index is 0.736. The fraction of sp³-hybridized carbons (Fsp3) is 1.00. The van der Waals surface area contributed by atoms with Gasteiger partial charge in [-0.2, -0.15) is 0 Å². The van der Waals surface area contributed by atoms with Crippen LogP contribution in [-0.2, 0) is 0 Å². The maximum Gasteiger partial charge on any atom is 0.0229 e. The van der Waals surface area contributed by atoms with Crippen LogP contribution in [0.4, 0.5) is 0 Å². The van der Waals surface area contributed by atoms with Gasteiger partial charge in [0.15, 0.2) is 0 Å². The maximum atomic E-state index is 2.68. The summed E-state index contributed by atoms with van der Waals surface area (Å²) in [6.07, 6.45) is 9.87. The van der Waals surface area contributed by atoms with Crippen LogP contribution in [0.3, 0.4) is 0 Å². The topological polar surface area (TPSA) is 9.72 Å². The summed E-state index contributed by atoms with van der Waals surface area (Å²) in [7, 11) is 4.51. The van der Waals surface area contributed by atoms with Crippen molar-refractivity contribution in [2.45, 2.75) is 51.0 Å². The number of likely N-dealkylation sites (tertiary alicyclic amines) is 2. The van der Waals surface area contributed by atoms with Crippen LogP contribution in [0, 0.1) is 0 Å². The van der Waals surface area contributed by atoms with Gasteiger partial charge in [0, 0.05) is 12.6 Å². The highest BCUT2D eigenvalue weighted by Gasteiger charge is 2.19. The van der Waals surface area contributed by atoms with Crippen molar-refractivity contribution < 1.29 is 0 Å². The smallest absolute Gasteiger partial charge is 0.0229 e. The van der Waals surface area contributed by atoms with E-state index in [1.54, 1.807) is 0 Å². The standard InChI is InChI=1S/C16H33N3/c1-17(2)16(15-19-12-7-4-8-13-19)9-14-18-10-5-3-6-11-18/h16H,3-15H2,1-2H3. The first kappa shape index (κ1) is 15.3. The molecule has 2 saturated heterocycles. The fourth-order valence-corrected chi connectivity index (χ4v) is 3.47. The summed E-state index contributed by atoms with van der Waals surface area (Å²) in [6, 6.07) is 0.736. The molecule has 0 radical (unpaired) electrons. The van der Waals surface area contributed by atoms with Gasteiger partial charge in [-0.15, -0.1) is 0 Å². The van der Waals surface area contributed by atoms with E-state index >= 15 is 0 Å². The molecule has 0 amide bonds. The van der Waals surface area contributed by atoms with Crippen molar-refractivity contribution in [2.75, 3.05) is 53.4 Å². The molecule has 2 fully saturated rings. The summed E-state index contributed by atoms with van der Waals surface area (Å²) in [4.78, 5) is 7.80. The molecule has 0 N–H and O–H groups in total. The largest absolute Gasteiger partial charge is 0.305 e. The summed E-state index contributed by atoms with van der Waals surface area (Å²) in [5.41, 5.74) is 0. The zero-order valence-electron chi connectivity index (χ0n) is 13.1. The van der Waals surface area contributed by atoms with Gasteiger partial charge in [0.05, 0.1) is 0 Å². The number of rotatable bonds is 6. The third-order valence-corrected chi connectivity index (χ3v) is 4.88. The molecular formula is C16H33N3. The van der Waals surface area contributed by atoms with Crippen LogP contribution in [0.2, 0.25) is 0 Å². The average molecular weight is 267 g/mol. The van der Waals surface area contributed by atoms with Crippen molar-refractivity contribution in [3.05, 3.63) is 0 Å². The van der Waals surface area contributed by atoms with Crippen molar-refractivity contribution in [3.63, 3.8) is 0 Å². The molecule has 19 heavy (non-hydrogen) atoms. The Labute approximate surface area is 119 Å². The molecule has 0 aromatic rings. The summed E-state index contributed by atoms with van der Waals surface area (Å²) in [6.45, 7) is 7.91. The summed E-state index contributed by atoms with van der Waals surface area (Å²) in [5.74, 6) is 0. The molecule has 0 spiro atoms. The quantitative estimate of drug-likeness (QED) is 0.731. The molecule has 3 nitrogen and oxygen atoms in total. The molecule has 0 aliphatic carbocycles. The van der Waals surface area contributed by atoms with Gasteiger partial charge in [-0.3, -0.25) is 0 Å². The lowest BCUT2D eigenvalue weighted by atomic mass is 10.1. The highest BCUT2D eigenvalue weighted by Crippen LogP contribution is 2.14. The van der Waals surface area contributed by atoms with Gasteiger partial charge in [0.2, 0.25) is 0 Å². The Kier molecular flexibility index (Phi) is 6.62. The zero-order valence-corrected chi connectivity index (χ0v) is 13.1. The second-order valence-corrected chi connectivity index (χ2v) is 6.67. The predicted molar refractivity (Wildman–Crippen MR) is 82.7 cm³/mol. The van der Waals surface area contributed by atoms with E-state index in [4.69, 9.17) is 0 Å². The Morgan fingerprint density at radius 3 is 1.84 bits per heavy atom. The molecule has 2 rings (SSSR count). The lowest BCUT2D eigenvalue weighted by Gasteiger charge is -2.35. The Morgan fingerprint density at radius 2 is 1.32 bits per heavy atom. The number of likely N-dealkylation sites (N-methyl/N-ethyl adjacent to an activating group) is 1. The van der Waals surface area contributed by atoms with Crippen molar-refractivity contribution in [1.29, 1.82) is 0 Å². The van der Waals surface area contributed by atoms with Crippen LogP contribution in [-0.4, -0.2) is 74.1 Å². The van der Waals surface area contributed by atoms with Crippen LogP contribution < -0.4 is 0 Å². The fourth-order valence-electron chi connectivity index (χ4n) is 3.47. The third-order valence-electron chi connectivity index (χ3n) is 4.88. The molecule has 0 aromatic carbocycles. The number of hydrogen-bond donors (Lipinski definition) is 0. The highest BCUT2D eigenvalue weighted by molar-refractivity contribution is 4.76. The van der Waals surface area contributed by atoms with Crippen LogP contribution in [0.25, 0.3) is 0 Å². The minimum absolute atomic E-state index is 0.736. The van der Waals surface area contributed by atoms with E-state index in [0.29, 0.717) is 0 Å². The molecule has 3 heteroatoms. The van der Waals surface area contributed by atoms with E-state index in [1.807, 2.05) is 0 Å². The Bertz CT molecular complexity index is 230. The van der Waals surface area contributed by atoms with Crippen LogP contribution in [0.15, 0.2) is 0 Å². The monoisotopic (exact) mass is 267 g/mol. The zero-order chi connectivity index (χ0) is 13.5. The Hall–Kier alpha value is -0.120. The van der Waals surface area contributed by atoms with Crippen molar-refractivity contribution in [1.82, 2.24) is 14.7 Å². The van der Waals surface area contributed by atoms with E-state index in [-0.39, 0.29) is 0 Å². The Balaban J connectivity index is 1.71. The molecule has 112 valence electrons. The van der Waals surface area contributed by atoms with E-state index in [9.17, 15) is 0 Å². The van der Waals surface area contributed by atoms with Gasteiger partial charge < -0.3 is 14.7 Å². The molecule has 0 bridgehead atoms. The van der Waals surface area contributed by atoms with E-state index in [0.717, 1.165) is 6.04 Å². The maximum absolute atomic E-state index is 2.68. The van der Waals surface area contributed by atoms with Crippen molar-refractivity contribution in [3.8, 4) is 0 Å². The van der Waals surface area contributed by atoms with E-state index < -0.39 is 0 Å². The van der Waals surface area contributed by atoms with Gasteiger partial charge in [-0.25, -0.2) is 0 Å². The summed E-state index contributed by atoms with van der Waals surface area (Å²) < 4.78 is 0.